The van der Waals surface area contributed by atoms with Crippen molar-refractivity contribution in [2.75, 3.05) is 4.72 Å². The molecular weight excluding hydrogens is 287 g/mol. The topological polar surface area (TPSA) is 118 Å². The lowest BCUT2D eigenvalue weighted by molar-refractivity contribution is 0.585. The van der Waals surface area contributed by atoms with Gasteiger partial charge in [-0.15, -0.1) is 0 Å². The van der Waals surface area contributed by atoms with Gasteiger partial charge in [0.2, 0.25) is 0 Å². The van der Waals surface area contributed by atoms with Gasteiger partial charge in [0.05, 0.1) is 4.90 Å². The normalized spacial score (nSPS) is 11.3. The van der Waals surface area contributed by atoms with E-state index < -0.39 is 21.4 Å². The number of hydrogen-bond donors (Lipinski definition) is 3. The van der Waals surface area contributed by atoms with Crippen molar-refractivity contribution in [1.29, 1.82) is 0 Å². The summed E-state index contributed by atoms with van der Waals surface area (Å²) in [6.45, 7) is -0.262. The zero-order valence-electron chi connectivity index (χ0n) is 10.1. The molecule has 1 heterocycles. The van der Waals surface area contributed by atoms with Crippen LogP contribution in [0, 0.1) is 5.82 Å². The Balaban J connectivity index is 2.43. The number of nitrogens with two attached hydrogens (primary N) is 1. The highest BCUT2D eigenvalue weighted by molar-refractivity contribution is 7.92. The standard InChI is InChI=1S/C11H11FN4O3S/c12-8-2-1-3-9(7(8)6-13)20(18,19)16-10-4-5-11(17)15-14-10/h1-5H,6,13H2,(H,14,16)(H,15,17). The van der Waals surface area contributed by atoms with Crippen molar-refractivity contribution in [3.8, 4) is 0 Å². The maximum Gasteiger partial charge on any atom is 0.264 e. The fourth-order valence-corrected chi connectivity index (χ4v) is 2.84. The van der Waals surface area contributed by atoms with E-state index in [4.69, 9.17) is 5.73 Å². The van der Waals surface area contributed by atoms with Crippen molar-refractivity contribution in [3.05, 3.63) is 52.1 Å². The van der Waals surface area contributed by atoms with E-state index in [1.54, 1.807) is 0 Å². The van der Waals surface area contributed by atoms with Gasteiger partial charge in [-0.25, -0.2) is 17.9 Å². The summed E-state index contributed by atoms with van der Waals surface area (Å²) in [4.78, 5) is 10.6. The van der Waals surface area contributed by atoms with E-state index in [2.05, 4.69) is 14.9 Å². The Morgan fingerprint density at radius 3 is 2.65 bits per heavy atom. The third-order valence-corrected chi connectivity index (χ3v) is 3.93. The summed E-state index contributed by atoms with van der Waals surface area (Å²) in [5.41, 5.74) is 4.77. The molecule has 20 heavy (non-hydrogen) atoms. The molecule has 0 saturated carbocycles. The highest BCUT2D eigenvalue weighted by atomic mass is 32.2. The second kappa shape index (κ2) is 5.39. The van der Waals surface area contributed by atoms with Crippen molar-refractivity contribution in [1.82, 2.24) is 10.2 Å². The molecule has 106 valence electrons. The van der Waals surface area contributed by atoms with Crippen LogP contribution < -0.4 is 16.0 Å². The van der Waals surface area contributed by atoms with Crippen LogP contribution in [0.4, 0.5) is 10.2 Å². The van der Waals surface area contributed by atoms with Gasteiger partial charge in [0, 0.05) is 18.2 Å². The summed E-state index contributed by atoms with van der Waals surface area (Å²) in [6.07, 6.45) is 0. The lowest BCUT2D eigenvalue weighted by Crippen LogP contribution is -2.19. The van der Waals surface area contributed by atoms with Crippen molar-refractivity contribution in [2.45, 2.75) is 11.4 Å². The Kier molecular flexibility index (Phi) is 3.81. The lowest BCUT2D eigenvalue weighted by atomic mass is 10.2. The number of rotatable bonds is 4. The van der Waals surface area contributed by atoms with Crippen LogP contribution in [0.3, 0.4) is 0 Å². The zero-order chi connectivity index (χ0) is 14.8. The van der Waals surface area contributed by atoms with Gasteiger partial charge in [-0.05, 0) is 18.2 Å². The van der Waals surface area contributed by atoms with Gasteiger partial charge in [-0.2, -0.15) is 5.10 Å². The van der Waals surface area contributed by atoms with E-state index in [0.717, 1.165) is 12.1 Å². The molecular formula is C11H11FN4O3S. The summed E-state index contributed by atoms with van der Waals surface area (Å²) < 4.78 is 40.0. The summed E-state index contributed by atoms with van der Waals surface area (Å²) in [5, 5.41) is 5.60. The maximum atomic E-state index is 13.5. The lowest BCUT2D eigenvalue weighted by Gasteiger charge is -2.11. The molecule has 4 N–H and O–H groups in total. The van der Waals surface area contributed by atoms with Crippen LogP contribution in [0.25, 0.3) is 0 Å². The van der Waals surface area contributed by atoms with E-state index in [1.165, 1.54) is 18.2 Å². The number of nitrogens with one attached hydrogen (secondary N) is 2. The van der Waals surface area contributed by atoms with Gasteiger partial charge in [0.1, 0.15) is 5.82 Å². The van der Waals surface area contributed by atoms with E-state index in [0.29, 0.717) is 0 Å². The van der Waals surface area contributed by atoms with Crippen LogP contribution in [0.15, 0.2) is 40.0 Å². The molecule has 0 aliphatic rings. The Hall–Kier alpha value is -2.26. The van der Waals surface area contributed by atoms with Crippen molar-refractivity contribution >= 4 is 15.8 Å². The number of aromatic amines is 1. The second-order valence-corrected chi connectivity index (χ2v) is 5.48. The molecule has 2 rings (SSSR count). The summed E-state index contributed by atoms with van der Waals surface area (Å²) in [6, 6.07) is 5.93. The van der Waals surface area contributed by atoms with E-state index in [1.807, 2.05) is 0 Å². The highest BCUT2D eigenvalue weighted by Gasteiger charge is 2.20. The third kappa shape index (κ3) is 2.83. The molecule has 0 spiro atoms. The number of aromatic nitrogens is 2. The van der Waals surface area contributed by atoms with Crippen molar-refractivity contribution < 1.29 is 12.8 Å². The number of sulfonamides is 1. The molecule has 9 heteroatoms. The predicted octanol–water partition coefficient (Wildman–Crippen LogP) is 0.168. The fraction of sp³-hybridized carbons (Fsp3) is 0.0909. The SMILES string of the molecule is NCc1c(F)cccc1S(=O)(=O)Nc1ccc(=O)[nH]n1. The Bertz CT molecular complexity index is 768. The van der Waals surface area contributed by atoms with Crippen LogP contribution in [0.2, 0.25) is 0 Å². The first-order chi connectivity index (χ1) is 9.44. The monoisotopic (exact) mass is 298 g/mol. The average molecular weight is 298 g/mol. The summed E-state index contributed by atoms with van der Waals surface area (Å²) >= 11 is 0. The molecule has 0 aliphatic heterocycles. The van der Waals surface area contributed by atoms with Gasteiger partial charge in [0.15, 0.2) is 5.82 Å². The fourth-order valence-electron chi connectivity index (χ4n) is 1.58. The maximum absolute atomic E-state index is 13.5. The smallest absolute Gasteiger partial charge is 0.264 e. The van der Waals surface area contributed by atoms with E-state index in [9.17, 15) is 17.6 Å². The van der Waals surface area contributed by atoms with Gasteiger partial charge in [0.25, 0.3) is 15.6 Å². The quantitative estimate of drug-likeness (QED) is 0.743. The number of anilines is 1. The molecule has 0 saturated heterocycles. The molecule has 0 bridgehead atoms. The van der Waals surface area contributed by atoms with Gasteiger partial charge < -0.3 is 5.73 Å². The molecule has 2 aromatic rings. The van der Waals surface area contributed by atoms with Crippen LogP contribution >= 0.6 is 0 Å². The molecule has 0 fully saturated rings. The number of H-pyrrole nitrogens is 1. The molecule has 1 aromatic heterocycles. The molecule has 0 amide bonds. The summed E-state index contributed by atoms with van der Waals surface area (Å²) in [5.74, 6) is -0.790. The van der Waals surface area contributed by atoms with Crippen LogP contribution in [0.1, 0.15) is 5.56 Å². The van der Waals surface area contributed by atoms with Crippen molar-refractivity contribution in [3.63, 3.8) is 0 Å². The summed E-state index contributed by atoms with van der Waals surface area (Å²) in [7, 11) is -4.05. The zero-order valence-corrected chi connectivity index (χ0v) is 10.9. The highest BCUT2D eigenvalue weighted by Crippen LogP contribution is 2.20. The van der Waals surface area contributed by atoms with Gasteiger partial charge in [-0.3, -0.25) is 9.52 Å². The van der Waals surface area contributed by atoms with E-state index in [-0.39, 0.29) is 22.8 Å². The van der Waals surface area contributed by atoms with E-state index >= 15 is 0 Å². The molecule has 7 nitrogen and oxygen atoms in total. The average Bonchev–Trinajstić information content (AvgIpc) is 2.41. The second-order valence-electron chi connectivity index (χ2n) is 3.83. The predicted molar refractivity (Wildman–Crippen MR) is 70.0 cm³/mol. The minimum Gasteiger partial charge on any atom is -0.326 e. The largest absolute Gasteiger partial charge is 0.326 e. The minimum absolute atomic E-state index is 0.0863. The first-order valence-electron chi connectivity index (χ1n) is 5.50. The molecule has 0 unspecified atom stereocenters. The van der Waals surface area contributed by atoms with Crippen molar-refractivity contribution in [2.24, 2.45) is 5.73 Å². The van der Waals surface area contributed by atoms with Crippen LogP contribution in [0.5, 0.6) is 0 Å². The molecule has 0 aliphatic carbocycles. The first kappa shape index (κ1) is 14.2. The Labute approximate surface area is 113 Å². The van der Waals surface area contributed by atoms with Crippen LogP contribution in [-0.4, -0.2) is 18.6 Å². The molecule has 1 aromatic carbocycles. The number of benzene rings is 1. The first-order valence-corrected chi connectivity index (χ1v) is 6.98. The Morgan fingerprint density at radius 1 is 1.30 bits per heavy atom. The number of nitrogens with zero attached hydrogens (tertiary/aromatic N) is 1. The molecule has 0 radical (unpaired) electrons. The Morgan fingerprint density at radius 2 is 2.05 bits per heavy atom. The van der Waals surface area contributed by atoms with Gasteiger partial charge >= 0.3 is 0 Å². The third-order valence-electron chi connectivity index (χ3n) is 2.49. The van der Waals surface area contributed by atoms with Crippen LogP contribution in [-0.2, 0) is 16.6 Å². The van der Waals surface area contributed by atoms with Gasteiger partial charge in [-0.1, -0.05) is 6.07 Å². The number of hydrogen-bond acceptors (Lipinski definition) is 5. The number of halogens is 1. The molecule has 0 atom stereocenters. The minimum atomic E-state index is -4.05.